The van der Waals surface area contributed by atoms with Crippen molar-refractivity contribution in [1.29, 1.82) is 0 Å². The molecule has 0 saturated carbocycles. The van der Waals surface area contributed by atoms with Crippen LogP contribution in [-0.2, 0) is 11.2 Å². The summed E-state index contributed by atoms with van der Waals surface area (Å²) in [6.45, 7) is 1.04. The molecule has 1 aromatic carbocycles. The molecule has 0 unspecified atom stereocenters. The second-order valence-electron chi connectivity index (χ2n) is 3.40. The molecule has 1 aromatic rings. The van der Waals surface area contributed by atoms with E-state index in [9.17, 15) is 9.18 Å². The summed E-state index contributed by atoms with van der Waals surface area (Å²) >= 11 is 5.60. The second-order valence-corrected chi connectivity index (χ2v) is 3.84. The van der Waals surface area contributed by atoms with Crippen LogP contribution in [-0.4, -0.2) is 19.0 Å². The number of nitrogens with two attached hydrogens (primary N) is 1. The van der Waals surface area contributed by atoms with Gasteiger partial charge in [-0.2, -0.15) is 0 Å². The number of rotatable bonds is 5. The highest BCUT2D eigenvalue weighted by molar-refractivity contribution is 6.30. The molecule has 0 heterocycles. The van der Waals surface area contributed by atoms with Gasteiger partial charge in [-0.25, -0.2) is 4.39 Å². The van der Waals surface area contributed by atoms with E-state index < -0.39 is 5.82 Å². The number of halogens is 2. The van der Waals surface area contributed by atoms with E-state index in [0.29, 0.717) is 23.7 Å². The van der Waals surface area contributed by atoms with E-state index in [0.717, 1.165) is 6.42 Å². The number of nitrogens with one attached hydrogen (secondary N) is 1. The number of amides is 1. The molecule has 5 heteroatoms. The fraction of sp³-hybridized carbons (Fsp3) is 0.364. The van der Waals surface area contributed by atoms with Crippen LogP contribution in [0.2, 0.25) is 5.02 Å². The molecule has 0 aliphatic carbocycles. The van der Waals surface area contributed by atoms with Crippen molar-refractivity contribution < 1.29 is 9.18 Å². The lowest BCUT2D eigenvalue weighted by molar-refractivity contribution is -0.120. The largest absolute Gasteiger partial charge is 0.356 e. The average Bonchev–Trinajstić information content (AvgIpc) is 2.23. The Bertz CT molecular complexity index is 371. The van der Waals surface area contributed by atoms with Crippen LogP contribution in [0, 0.1) is 5.82 Å². The van der Waals surface area contributed by atoms with Crippen LogP contribution in [0.3, 0.4) is 0 Å². The third-order valence-corrected chi connectivity index (χ3v) is 2.30. The van der Waals surface area contributed by atoms with E-state index in [1.807, 2.05) is 0 Å². The smallest absolute Gasteiger partial charge is 0.224 e. The van der Waals surface area contributed by atoms with Crippen molar-refractivity contribution >= 4 is 17.5 Å². The Labute approximate surface area is 98.8 Å². The van der Waals surface area contributed by atoms with E-state index in [-0.39, 0.29) is 12.3 Å². The molecular formula is C11H14ClFN2O. The first-order valence-electron chi connectivity index (χ1n) is 5.04. The predicted molar refractivity (Wildman–Crippen MR) is 61.8 cm³/mol. The second kappa shape index (κ2) is 6.45. The van der Waals surface area contributed by atoms with Crippen molar-refractivity contribution in [3.63, 3.8) is 0 Å². The molecule has 0 saturated heterocycles. The van der Waals surface area contributed by atoms with Gasteiger partial charge in [0.1, 0.15) is 5.82 Å². The molecule has 0 spiro atoms. The van der Waals surface area contributed by atoms with Crippen LogP contribution in [0.1, 0.15) is 12.0 Å². The molecule has 0 aliphatic rings. The predicted octanol–water partition coefficient (Wildman–Crippen LogP) is 1.49. The SMILES string of the molecule is NCCCNC(=O)Cc1ccc(Cl)cc1F. The van der Waals surface area contributed by atoms with Crippen LogP contribution >= 0.6 is 11.6 Å². The monoisotopic (exact) mass is 244 g/mol. The summed E-state index contributed by atoms with van der Waals surface area (Å²) in [7, 11) is 0. The molecule has 3 nitrogen and oxygen atoms in total. The minimum atomic E-state index is -0.457. The Hall–Kier alpha value is -1.13. The third kappa shape index (κ3) is 4.16. The van der Waals surface area contributed by atoms with Gasteiger partial charge in [0.15, 0.2) is 0 Å². The van der Waals surface area contributed by atoms with E-state index in [1.54, 1.807) is 6.07 Å². The van der Waals surface area contributed by atoms with Crippen LogP contribution in [0.15, 0.2) is 18.2 Å². The Morgan fingerprint density at radius 1 is 1.50 bits per heavy atom. The van der Waals surface area contributed by atoms with Crippen molar-refractivity contribution in [3.8, 4) is 0 Å². The number of hydrogen-bond acceptors (Lipinski definition) is 2. The fourth-order valence-corrected chi connectivity index (χ4v) is 1.39. The summed E-state index contributed by atoms with van der Waals surface area (Å²) in [4.78, 5) is 11.4. The summed E-state index contributed by atoms with van der Waals surface area (Å²) in [6, 6.07) is 4.28. The first kappa shape index (κ1) is 12.9. The zero-order valence-electron chi connectivity index (χ0n) is 8.80. The zero-order valence-corrected chi connectivity index (χ0v) is 9.56. The number of carbonyl (C=O) groups is 1. The number of benzene rings is 1. The lowest BCUT2D eigenvalue weighted by Gasteiger charge is -2.05. The van der Waals surface area contributed by atoms with Gasteiger partial charge in [-0.05, 0) is 30.7 Å². The third-order valence-electron chi connectivity index (χ3n) is 2.07. The molecule has 16 heavy (non-hydrogen) atoms. The molecular weight excluding hydrogens is 231 g/mol. The van der Waals surface area contributed by atoms with Gasteiger partial charge in [0.2, 0.25) is 5.91 Å². The Balaban J connectivity index is 2.49. The standard InChI is InChI=1S/C11H14ClFN2O/c12-9-3-2-8(10(13)7-9)6-11(16)15-5-1-4-14/h2-3,7H,1,4-6,14H2,(H,15,16). The molecule has 0 atom stereocenters. The summed E-state index contributed by atoms with van der Waals surface area (Å²) in [5.74, 6) is -0.670. The van der Waals surface area contributed by atoms with Gasteiger partial charge < -0.3 is 11.1 Å². The minimum absolute atomic E-state index is 0.0214. The van der Waals surface area contributed by atoms with Crippen molar-refractivity contribution in [3.05, 3.63) is 34.6 Å². The highest BCUT2D eigenvalue weighted by Crippen LogP contribution is 2.14. The van der Waals surface area contributed by atoms with Gasteiger partial charge in [0, 0.05) is 11.6 Å². The minimum Gasteiger partial charge on any atom is -0.356 e. The molecule has 0 aliphatic heterocycles. The van der Waals surface area contributed by atoms with Crippen molar-refractivity contribution in [2.45, 2.75) is 12.8 Å². The van der Waals surface area contributed by atoms with E-state index >= 15 is 0 Å². The quantitative estimate of drug-likeness (QED) is 0.771. The normalized spacial score (nSPS) is 10.2. The van der Waals surface area contributed by atoms with Gasteiger partial charge in [0.25, 0.3) is 0 Å². The maximum atomic E-state index is 13.3. The van der Waals surface area contributed by atoms with Crippen LogP contribution < -0.4 is 11.1 Å². The topological polar surface area (TPSA) is 55.1 Å². The fourth-order valence-electron chi connectivity index (χ4n) is 1.23. The highest BCUT2D eigenvalue weighted by Gasteiger charge is 2.07. The first-order chi connectivity index (χ1) is 7.63. The summed E-state index contributed by atoms with van der Waals surface area (Å²) in [6.07, 6.45) is 0.739. The Morgan fingerprint density at radius 2 is 2.25 bits per heavy atom. The van der Waals surface area contributed by atoms with Crippen LogP contribution in [0.25, 0.3) is 0 Å². The van der Waals surface area contributed by atoms with Crippen molar-refractivity contribution in [1.82, 2.24) is 5.32 Å². The molecule has 88 valence electrons. The average molecular weight is 245 g/mol. The lowest BCUT2D eigenvalue weighted by atomic mass is 10.1. The Morgan fingerprint density at radius 3 is 2.88 bits per heavy atom. The molecule has 3 N–H and O–H groups in total. The van der Waals surface area contributed by atoms with Crippen LogP contribution in [0.5, 0.6) is 0 Å². The maximum Gasteiger partial charge on any atom is 0.224 e. The van der Waals surface area contributed by atoms with Gasteiger partial charge in [0.05, 0.1) is 6.42 Å². The van der Waals surface area contributed by atoms with Gasteiger partial charge in [-0.1, -0.05) is 17.7 Å². The van der Waals surface area contributed by atoms with E-state index in [1.165, 1.54) is 12.1 Å². The van der Waals surface area contributed by atoms with Crippen molar-refractivity contribution in [2.24, 2.45) is 5.73 Å². The zero-order chi connectivity index (χ0) is 12.0. The first-order valence-corrected chi connectivity index (χ1v) is 5.42. The van der Waals surface area contributed by atoms with Gasteiger partial charge in [-0.15, -0.1) is 0 Å². The maximum absolute atomic E-state index is 13.3. The molecule has 1 amide bonds. The summed E-state index contributed by atoms with van der Waals surface area (Å²) < 4.78 is 13.3. The number of carbonyl (C=O) groups excluding carboxylic acids is 1. The molecule has 0 radical (unpaired) electrons. The highest BCUT2D eigenvalue weighted by atomic mass is 35.5. The lowest BCUT2D eigenvalue weighted by Crippen LogP contribution is -2.27. The molecule has 0 bridgehead atoms. The molecule has 1 rings (SSSR count). The summed E-state index contributed by atoms with van der Waals surface area (Å²) in [5, 5.41) is 2.98. The molecule has 0 aromatic heterocycles. The van der Waals surface area contributed by atoms with Gasteiger partial charge >= 0.3 is 0 Å². The summed E-state index contributed by atoms with van der Waals surface area (Å²) in [5.41, 5.74) is 5.62. The van der Waals surface area contributed by atoms with Crippen molar-refractivity contribution in [2.75, 3.05) is 13.1 Å². The molecule has 0 fully saturated rings. The van der Waals surface area contributed by atoms with E-state index in [4.69, 9.17) is 17.3 Å². The van der Waals surface area contributed by atoms with Crippen LogP contribution in [0.4, 0.5) is 4.39 Å². The van der Waals surface area contributed by atoms with E-state index in [2.05, 4.69) is 5.32 Å². The number of hydrogen-bond donors (Lipinski definition) is 2. The van der Waals surface area contributed by atoms with Gasteiger partial charge in [-0.3, -0.25) is 4.79 Å². The Kier molecular flexibility index (Phi) is 5.22.